The van der Waals surface area contributed by atoms with Gasteiger partial charge in [0.05, 0.1) is 12.3 Å². The van der Waals surface area contributed by atoms with Gasteiger partial charge in [0.1, 0.15) is 5.69 Å². The molecule has 0 saturated heterocycles. The second-order valence-electron chi connectivity index (χ2n) is 4.26. The van der Waals surface area contributed by atoms with Crippen molar-refractivity contribution in [3.63, 3.8) is 0 Å². The number of hydrogen-bond acceptors (Lipinski definition) is 4. The van der Waals surface area contributed by atoms with Crippen molar-refractivity contribution in [2.24, 2.45) is 0 Å². The van der Waals surface area contributed by atoms with Gasteiger partial charge in [-0.25, -0.2) is 4.79 Å². The first-order chi connectivity index (χ1) is 9.08. The van der Waals surface area contributed by atoms with Crippen LogP contribution in [-0.4, -0.2) is 30.1 Å². The van der Waals surface area contributed by atoms with Crippen LogP contribution >= 0.6 is 0 Å². The van der Waals surface area contributed by atoms with Gasteiger partial charge in [0.2, 0.25) is 5.91 Å². The van der Waals surface area contributed by atoms with Gasteiger partial charge in [-0.05, 0) is 18.9 Å². The van der Waals surface area contributed by atoms with Gasteiger partial charge in [-0.2, -0.15) is 0 Å². The second kappa shape index (κ2) is 7.45. The fourth-order valence-electron chi connectivity index (χ4n) is 1.73. The van der Waals surface area contributed by atoms with E-state index < -0.39 is 5.97 Å². The Morgan fingerprint density at radius 1 is 1.47 bits per heavy atom. The zero-order valence-electron chi connectivity index (χ0n) is 11.4. The fraction of sp³-hybridized carbons (Fsp3) is 0.538. The number of anilines is 1. The topological polar surface area (TPSA) is 86.3 Å². The van der Waals surface area contributed by atoms with Gasteiger partial charge < -0.3 is 20.4 Å². The van der Waals surface area contributed by atoms with Gasteiger partial charge in [0.25, 0.3) is 0 Å². The van der Waals surface area contributed by atoms with Crippen LogP contribution in [0, 0.1) is 0 Å². The smallest absolute Gasteiger partial charge is 0.355 e. The van der Waals surface area contributed by atoms with Crippen LogP contribution in [-0.2, 0) is 16.1 Å². The zero-order valence-corrected chi connectivity index (χ0v) is 11.4. The van der Waals surface area contributed by atoms with Gasteiger partial charge in [0, 0.05) is 26.2 Å². The number of esters is 1. The molecule has 1 amide bonds. The normalized spacial score (nSPS) is 10.2. The van der Waals surface area contributed by atoms with E-state index in [1.54, 1.807) is 23.9 Å². The molecule has 0 fully saturated rings. The van der Waals surface area contributed by atoms with Crippen LogP contribution in [0.3, 0.4) is 0 Å². The molecule has 0 aliphatic carbocycles. The van der Waals surface area contributed by atoms with Crippen LogP contribution in [0.1, 0.15) is 36.7 Å². The first-order valence-electron chi connectivity index (χ1n) is 6.41. The summed E-state index contributed by atoms with van der Waals surface area (Å²) in [5, 5.41) is 2.51. The van der Waals surface area contributed by atoms with Gasteiger partial charge in [-0.15, -0.1) is 0 Å². The molecular formula is C13H21N3O3. The van der Waals surface area contributed by atoms with E-state index in [4.69, 9.17) is 10.5 Å². The minimum Gasteiger partial charge on any atom is -0.461 e. The number of carbonyl (C=O) groups is 2. The highest BCUT2D eigenvalue weighted by molar-refractivity contribution is 5.89. The predicted molar refractivity (Wildman–Crippen MR) is 72.7 cm³/mol. The summed E-state index contributed by atoms with van der Waals surface area (Å²) in [6, 6.07) is 1.61. The van der Waals surface area contributed by atoms with Crippen LogP contribution < -0.4 is 11.1 Å². The van der Waals surface area contributed by atoms with E-state index in [0.29, 0.717) is 24.2 Å². The van der Waals surface area contributed by atoms with Crippen LogP contribution in [0.25, 0.3) is 0 Å². The lowest BCUT2D eigenvalue weighted by atomic mass is 10.3. The third-order valence-electron chi connectivity index (χ3n) is 2.65. The van der Waals surface area contributed by atoms with Crippen molar-refractivity contribution in [3.05, 3.63) is 18.0 Å². The zero-order chi connectivity index (χ0) is 14.3. The number of nitrogens with zero attached hydrogens (tertiary/aromatic N) is 1. The molecule has 0 aromatic carbocycles. The van der Waals surface area contributed by atoms with Crippen LogP contribution in [0.4, 0.5) is 5.69 Å². The van der Waals surface area contributed by atoms with Crippen molar-refractivity contribution in [1.29, 1.82) is 0 Å². The number of aromatic nitrogens is 1. The largest absolute Gasteiger partial charge is 0.461 e. The number of ether oxygens (including phenoxy) is 1. The number of amides is 1. The molecule has 19 heavy (non-hydrogen) atoms. The number of aryl methyl sites for hydroxylation is 1. The highest BCUT2D eigenvalue weighted by Gasteiger charge is 2.13. The fourth-order valence-corrected chi connectivity index (χ4v) is 1.73. The van der Waals surface area contributed by atoms with Gasteiger partial charge >= 0.3 is 5.97 Å². The Kier molecular flexibility index (Phi) is 5.92. The summed E-state index contributed by atoms with van der Waals surface area (Å²) in [4.78, 5) is 22.9. The molecular weight excluding hydrogens is 246 g/mol. The Morgan fingerprint density at radius 2 is 2.21 bits per heavy atom. The highest BCUT2D eigenvalue weighted by Crippen LogP contribution is 2.12. The lowest BCUT2D eigenvalue weighted by Gasteiger charge is -2.07. The van der Waals surface area contributed by atoms with E-state index in [1.165, 1.54) is 0 Å². The van der Waals surface area contributed by atoms with Crippen LogP contribution in [0.5, 0.6) is 0 Å². The molecule has 0 bridgehead atoms. The molecule has 0 atom stereocenters. The lowest BCUT2D eigenvalue weighted by molar-refractivity contribution is -0.120. The molecule has 6 heteroatoms. The number of nitrogens with two attached hydrogens (primary N) is 1. The third kappa shape index (κ3) is 4.65. The van der Waals surface area contributed by atoms with E-state index in [9.17, 15) is 9.59 Å². The Balaban J connectivity index is 2.47. The maximum atomic E-state index is 11.9. The highest BCUT2D eigenvalue weighted by atomic mass is 16.5. The summed E-state index contributed by atoms with van der Waals surface area (Å²) in [6.45, 7) is 2.97. The molecule has 0 radical (unpaired) electrons. The molecule has 1 rings (SSSR count). The molecule has 1 aromatic rings. The van der Waals surface area contributed by atoms with Crippen molar-refractivity contribution >= 4 is 17.6 Å². The molecule has 0 unspecified atom stereocenters. The summed E-state index contributed by atoms with van der Waals surface area (Å²) < 4.78 is 6.92. The van der Waals surface area contributed by atoms with E-state index in [1.807, 2.05) is 6.92 Å². The Labute approximate surface area is 112 Å². The SMILES string of the molecule is CCCn1cc(N)cc1C(=O)OCCCC(=O)NC. The van der Waals surface area contributed by atoms with Crippen LogP contribution in [0.2, 0.25) is 0 Å². The molecule has 1 aromatic heterocycles. The summed E-state index contributed by atoms with van der Waals surface area (Å²) >= 11 is 0. The quantitative estimate of drug-likeness (QED) is 0.573. The Hall–Kier alpha value is -1.98. The lowest BCUT2D eigenvalue weighted by Crippen LogP contribution is -2.18. The first-order valence-corrected chi connectivity index (χ1v) is 6.41. The third-order valence-corrected chi connectivity index (χ3v) is 2.65. The Bertz CT molecular complexity index is 440. The maximum Gasteiger partial charge on any atom is 0.355 e. The van der Waals surface area contributed by atoms with E-state index in [2.05, 4.69) is 5.32 Å². The van der Waals surface area contributed by atoms with E-state index in [0.717, 1.165) is 13.0 Å². The number of carbonyl (C=O) groups excluding carboxylic acids is 2. The van der Waals surface area contributed by atoms with E-state index >= 15 is 0 Å². The molecule has 0 spiro atoms. The monoisotopic (exact) mass is 267 g/mol. The molecule has 106 valence electrons. The van der Waals surface area contributed by atoms with Gasteiger partial charge in [-0.1, -0.05) is 6.92 Å². The summed E-state index contributed by atoms with van der Waals surface area (Å²) in [5.41, 5.74) is 6.68. The minimum atomic E-state index is -0.401. The molecule has 1 heterocycles. The summed E-state index contributed by atoms with van der Waals surface area (Å²) in [6.07, 6.45) is 3.49. The summed E-state index contributed by atoms with van der Waals surface area (Å²) in [7, 11) is 1.58. The molecule has 6 nitrogen and oxygen atoms in total. The van der Waals surface area contributed by atoms with Crippen molar-refractivity contribution < 1.29 is 14.3 Å². The molecule has 0 aliphatic heterocycles. The number of nitrogens with one attached hydrogen (secondary N) is 1. The number of nitrogen functional groups attached to an aromatic ring is 1. The average Bonchev–Trinajstić information content (AvgIpc) is 2.75. The van der Waals surface area contributed by atoms with Crippen molar-refractivity contribution in [3.8, 4) is 0 Å². The van der Waals surface area contributed by atoms with Crippen molar-refractivity contribution in [2.75, 3.05) is 19.4 Å². The maximum absolute atomic E-state index is 11.9. The molecule has 3 N–H and O–H groups in total. The average molecular weight is 267 g/mol. The van der Waals surface area contributed by atoms with Crippen molar-refractivity contribution in [2.45, 2.75) is 32.7 Å². The number of rotatable bonds is 7. The van der Waals surface area contributed by atoms with Crippen LogP contribution in [0.15, 0.2) is 12.3 Å². The number of hydrogen-bond donors (Lipinski definition) is 2. The van der Waals surface area contributed by atoms with E-state index in [-0.39, 0.29) is 12.5 Å². The van der Waals surface area contributed by atoms with Crippen molar-refractivity contribution in [1.82, 2.24) is 9.88 Å². The minimum absolute atomic E-state index is 0.0605. The van der Waals surface area contributed by atoms with Gasteiger partial charge in [0.15, 0.2) is 0 Å². The Morgan fingerprint density at radius 3 is 2.84 bits per heavy atom. The van der Waals surface area contributed by atoms with Gasteiger partial charge in [-0.3, -0.25) is 4.79 Å². The standard InChI is InChI=1S/C13H21N3O3/c1-3-6-16-9-10(14)8-11(16)13(18)19-7-4-5-12(17)15-2/h8-9H,3-7,14H2,1-2H3,(H,15,17). The second-order valence-corrected chi connectivity index (χ2v) is 4.26. The first kappa shape index (κ1) is 15.1. The molecule has 0 saturated carbocycles. The summed E-state index contributed by atoms with van der Waals surface area (Å²) in [5.74, 6) is -0.461. The predicted octanol–water partition coefficient (Wildman–Crippen LogP) is 1.16. The molecule has 0 aliphatic rings.